The Balaban J connectivity index is 2.76. The Hall–Kier alpha value is -0.350. The van der Waals surface area contributed by atoms with E-state index in [0.717, 1.165) is 10.4 Å². The molecule has 1 rings (SSSR count). The maximum atomic E-state index is 5.55. The van der Waals surface area contributed by atoms with Crippen LogP contribution in [0.4, 0.5) is 0 Å². The fraction of sp³-hybridized carbons (Fsp3) is 0.700. The molecule has 0 aliphatic rings. The summed E-state index contributed by atoms with van der Waals surface area (Å²) in [5.41, 5.74) is 1.11. The lowest BCUT2D eigenvalue weighted by atomic mass is 10.3. The van der Waals surface area contributed by atoms with Gasteiger partial charge in [-0.2, -0.15) is 0 Å². The molecule has 4 heteroatoms. The van der Waals surface area contributed by atoms with Crippen LogP contribution < -0.4 is 0 Å². The summed E-state index contributed by atoms with van der Waals surface area (Å²) >= 11 is 3.42. The second kappa shape index (κ2) is 4.94. The van der Waals surface area contributed by atoms with Crippen LogP contribution in [-0.2, 0) is 11.3 Å². The molecule has 0 aromatic carbocycles. The van der Waals surface area contributed by atoms with Crippen molar-refractivity contribution in [3.05, 3.63) is 16.6 Å². The van der Waals surface area contributed by atoms with Crippen molar-refractivity contribution >= 4 is 15.9 Å². The molecular weight excluding hydrogens is 244 g/mol. The number of rotatable bonds is 4. The van der Waals surface area contributed by atoms with Gasteiger partial charge >= 0.3 is 0 Å². The quantitative estimate of drug-likeness (QED) is 0.832. The third kappa shape index (κ3) is 2.82. The van der Waals surface area contributed by atoms with Gasteiger partial charge in [0.25, 0.3) is 0 Å². The Labute approximate surface area is 93.6 Å². The van der Waals surface area contributed by atoms with Gasteiger partial charge in [-0.15, -0.1) is 0 Å². The molecule has 0 bridgehead atoms. The summed E-state index contributed by atoms with van der Waals surface area (Å²) in [7, 11) is 0. The summed E-state index contributed by atoms with van der Waals surface area (Å²) in [5.74, 6) is 0. The molecule has 0 atom stereocenters. The van der Waals surface area contributed by atoms with E-state index in [1.165, 1.54) is 0 Å². The normalized spacial score (nSPS) is 11.6. The minimum atomic E-state index is 0.254. The molecule has 1 heterocycles. The Kier molecular flexibility index (Phi) is 4.13. The molecule has 0 unspecified atom stereocenters. The number of nitrogens with zero attached hydrogens (tertiary/aromatic N) is 2. The van der Waals surface area contributed by atoms with Crippen molar-refractivity contribution in [2.75, 3.05) is 0 Å². The van der Waals surface area contributed by atoms with Crippen LogP contribution in [0.25, 0.3) is 0 Å². The number of aromatic nitrogens is 2. The minimum Gasteiger partial charge on any atom is -0.373 e. The van der Waals surface area contributed by atoms with E-state index >= 15 is 0 Å². The Morgan fingerprint density at radius 1 is 1.43 bits per heavy atom. The van der Waals surface area contributed by atoms with Crippen LogP contribution in [0.1, 0.15) is 39.4 Å². The lowest BCUT2D eigenvalue weighted by Crippen LogP contribution is -2.09. The second-order valence-corrected chi connectivity index (χ2v) is 4.55. The molecule has 0 amide bonds. The van der Waals surface area contributed by atoms with Crippen molar-refractivity contribution in [3.8, 4) is 0 Å². The van der Waals surface area contributed by atoms with Gasteiger partial charge in [-0.25, -0.2) is 4.98 Å². The standard InChI is InChI=1S/C10H17BrN2O/c1-7(2)13-9(5-12-10(13)11)6-14-8(3)4/h5,7-8H,6H2,1-4H3. The first-order valence-electron chi connectivity index (χ1n) is 4.85. The van der Waals surface area contributed by atoms with Crippen LogP contribution in [0.2, 0.25) is 0 Å². The van der Waals surface area contributed by atoms with Gasteiger partial charge in [0, 0.05) is 6.04 Å². The summed E-state index contributed by atoms with van der Waals surface area (Å²) in [6.45, 7) is 8.95. The zero-order chi connectivity index (χ0) is 10.7. The van der Waals surface area contributed by atoms with Crippen LogP contribution in [0.15, 0.2) is 10.9 Å². The van der Waals surface area contributed by atoms with Gasteiger partial charge in [-0.05, 0) is 43.6 Å². The monoisotopic (exact) mass is 260 g/mol. The Morgan fingerprint density at radius 2 is 2.07 bits per heavy atom. The number of hydrogen-bond donors (Lipinski definition) is 0. The highest BCUT2D eigenvalue weighted by Gasteiger charge is 2.10. The first-order valence-corrected chi connectivity index (χ1v) is 5.65. The third-order valence-electron chi connectivity index (χ3n) is 1.91. The van der Waals surface area contributed by atoms with Crippen LogP contribution in [0.5, 0.6) is 0 Å². The molecule has 3 nitrogen and oxygen atoms in total. The summed E-state index contributed by atoms with van der Waals surface area (Å²) in [6, 6.07) is 0.401. The topological polar surface area (TPSA) is 27.1 Å². The van der Waals surface area contributed by atoms with Crippen molar-refractivity contribution in [2.24, 2.45) is 0 Å². The first kappa shape index (κ1) is 11.7. The van der Waals surface area contributed by atoms with Crippen molar-refractivity contribution in [1.82, 2.24) is 9.55 Å². The fourth-order valence-electron chi connectivity index (χ4n) is 1.27. The van der Waals surface area contributed by atoms with E-state index in [1.807, 2.05) is 20.0 Å². The van der Waals surface area contributed by atoms with Crippen LogP contribution in [0, 0.1) is 0 Å². The van der Waals surface area contributed by atoms with Gasteiger partial charge in [0.2, 0.25) is 0 Å². The van der Waals surface area contributed by atoms with Gasteiger partial charge < -0.3 is 9.30 Å². The van der Waals surface area contributed by atoms with Crippen molar-refractivity contribution in [1.29, 1.82) is 0 Å². The van der Waals surface area contributed by atoms with Gasteiger partial charge in [0.1, 0.15) is 0 Å². The van der Waals surface area contributed by atoms with Crippen LogP contribution in [0.3, 0.4) is 0 Å². The highest BCUT2D eigenvalue weighted by molar-refractivity contribution is 9.10. The molecule has 0 spiro atoms. The predicted molar refractivity (Wildman–Crippen MR) is 60.2 cm³/mol. The SMILES string of the molecule is CC(C)OCc1cnc(Br)n1C(C)C. The van der Waals surface area contributed by atoms with Crippen molar-refractivity contribution in [2.45, 2.75) is 46.4 Å². The van der Waals surface area contributed by atoms with Crippen molar-refractivity contribution < 1.29 is 4.74 Å². The van der Waals surface area contributed by atoms with E-state index < -0.39 is 0 Å². The smallest absolute Gasteiger partial charge is 0.177 e. The number of halogens is 1. The average molecular weight is 261 g/mol. The Bertz CT molecular complexity index is 294. The maximum absolute atomic E-state index is 5.55. The minimum absolute atomic E-state index is 0.254. The van der Waals surface area contributed by atoms with E-state index in [0.29, 0.717) is 12.6 Å². The van der Waals surface area contributed by atoms with E-state index in [2.05, 4.69) is 39.3 Å². The number of ether oxygens (including phenoxy) is 1. The molecule has 0 saturated carbocycles. The zero-order valence-corrected chi connectivity index (χ0v) is 10.7. The predicted octanol–water partition coefficient (Wildman–Crippen LogP) is 3.15. The van der Waals surface area contributed by atoms with E-state index in [-0.39, 0.29) is 6.10 Å². The number of imidazole rings is 1. The fourth-order valence-corrected chi connectivity index (χ4v) is 2.01. The van der Waals surface area contributed by atoms with Crippen LogP contribution in [-0.4, -0.2) is 15.7 Å². The molecule has 1 aromatic rings. The van der Waals surface area contributed by atoms with Gasteiger partial charge in [0.05, 0.1) is 24.6 Å². The van der Waals surface area contributed by atoms with Gasteiger partial charge in [0.15, 0.2) is 4.73 Å². The first-order chi connectivity index (χ1) is 6.52. The molecule has 14 heavy (non-hydrogen) atoms. The second-order valence-electron chi connectivity index (χ2n) is 3.84. The summed E-state index contributed by atoms with van der Waals surface area (Å²) < 4.78 is 8.55. The van der Waals surface area contributed by atoms with Gasteiger partial charge in [-0.3, -0.25) is 0 Å². The third-order valence-corrected chi connectivity index (χ3v) is 2.50. The lowest BCUT2D eigenvalue weighted by molar-refractivity contribution is 0.0611. The van der Waals surface area contributed by atoms with E-state index in [4.69, 9.17) is 4.74 Å². The molecule has 0 N–H and O–H groups in total. The number of hydrogen-bond acceptors (Lipinski definition) is 2. The van der Waals surface area contributed by atoms with Gasteiger partial charge in [-0.1, -0.05) is 0 Å². The molecule has 0 radical (unpaired) electrons. The molecule has 0 fully saturated rings. The highest BCUT2D eigenvalue weighted by atomic mass is 79.9. The zero-order valence-electron chi connectivity index (χ0n) is 9.12. The molecule has 0 aliphatic heterocycles. The van der Waals surface area contributed by atoms with Crippen molar-refractivity contribution in [3.63, 3.8) is 0 Å². The van der Waals surface area contributed by atoms with E-state index in [9.17, 15) is 0 Å². The summed E-state index contributed by atoms with van der Waals surface area (Å²) in [5, 5.41) is 0. The Morgan fingerprint density at radius 3 is 2.57 bits per heavy atom. The van der Waals surface area contributed by atoms with E-state index in [1.54, 1.807) is 0 Å². The average Bonchev–Trinajstić information content (AvgIpc) is 2.43. The lowest BCUT2D eigenvalue weighted by Gasteiger charge is -2.14. The highest BCUT2D eigenvalue weighted by Crippen LogP contribution is 2.19. The molecular formula is C10H17BrN2O. The molecule has 80 valence electrons. The summed E-state index contributed by atoms with van der Waals surface area (Å²) in [4.78, 5) is 4.22. The largest absolute Gasteiger partial charge is 0.373 e. The summed E-state index contributed by atoms with van der Waals surface area (Å²) in [6.07, 6.45) is 2.11. The molecule has 0 aliphatic carbocycles. The maximum Gasteiger partial charge on any atom is 0.177 e. The molecule has 0 saturated heterocycles. The van der Waals surface area contributed by atoms with Crippen LogP contribution >= 0.6 is 15.9 Å². The molecule has 1 aromatic heterocycles.